The Morgan fingerprint density at radius 3 is 2.32 bits per heavy atom. The first-order chi connectivity index (χ1) is 16.2. The van der Waals surface area contributed by atoms with E-state index in [2.05, 4.69) is 5.32 Å². The maximum Gasteiger partial charge on any atom is 0.338 e. The summed E-state index contributed by atoms with van der Waals surface area (Å²) in [4.78, 5) is 24.4. The summed E-state index contributed by atoms with van der Waals surface area (Å²) in [6.45, 7) is 2.30. The molecule has 3 rings (SSSR count). The quantitative estimate of drug-likeness (QED) is 0.267. The van der Waals surface area contributed by atoms with E-state index in [0.29, 0.717) is 19.4 Å². The number of urea groups is 1. The second kappa shape index (κ2) is 10.8. The molecule has 0 aliphatic heterocycles. The molecule has 0 spiro atoms. The zero-order chi connectivity index (χ0) is 24.7. The van der Waals surface area contributed by atoms with Crippen LogP contribution in [0.4, 0.5) is 10.5 Å². The van der Waals surface area contributed by atoms with Crippen LogP contribution in [0.2, 0.25) is 0 Å². The largest absolute Gasteiger partial charge is 0.494 e. The Morgan fingerprint density at radius 1 is 0.971 bits per heavy atom. The van der Waals surface area contributed by atoms with Crippen LogP contribution in [0, 0.1) is 6.92 Å². The molecule has 0 unspecified atom stereocenters. The number of unbranched alkanes of at least 4 members (excludes halogenated alkanes) is 1. The smallest absolute Gasteiger partial charge is 0.338 e. The Balaban J connectivity index is 1.49. The zero-order valence-corrected chi connectivity index (χ0v) is 19.2. The van der Waals surface area contributed by atoms with E-state index in [9.17, 15) is 28.2 Å². The van der Waals surface area contributed by atoms with E-state index in [0.717, 1.165) is 5.56 Å². The number of sulfonamides is 1. The van der Waals surface area contributed by atoms with E-state index < -0.39 is 22.0 Å². The van der Waals surface area contributed by atoms with Crippen LogP contribution in [0.1, 0.15) is 28.8 Å². The van der Waals surface area contributed by atoms with Crippen molar-refractivity contribution >= 4 is 27.7 Å². The third-order valence-electron chi connectivity index (χ3n) is 4.86. The van der Waals surface area contributed by atoms with Crippen LogP contribution in [0.5, 0.6) is 11.8 Å². The van der Waals surface area contributed by atoms with Crippen LogP contribution in [-0.4, -0.2) is 41.8 Å². The highest BCUT2D eigenvalue weighted by Crippen LogP contribution is 2.21. The summed E-state index contributed by atoms with van der Waals surface area (Å²) in [6.07, 6.45) is 1.06. The van der Waals surface area contributed by atoms with Gasteiger partial charge in [-0.2, -0.15) is 0 Å². The van der Waals surface area contributed by atoms with Gasteiger partial charge in [0.15, 0.2) is 11.8 Å². The maximum atomic E-state index is 12.3. The number of nitrogens with zero attached hydrogens (tertiary/aromatic N) is 1. The maximum absolute atomic E-state index is 12.3. The van der Waals surface area contributed by atoms with Crippen LogP contribution in [0.15, 0.2) is 65.6 Å². The second-order valence-corrected chi connectivity index (χ2v) is 9.18. The van der Waals surface area contributed by atoms with E-state index in [1.807, 2.05) is 11.6 Å². The minimum atomic E-state index is -4.05. The molecule has 0 saturated heterocycles. The Kier molecular flexibility index (Phi) is 7.79. The summed E-state index contributed by atoms with van der Waals surface area (Å²) < 4.78 is 33.1. The molecule has 1 heterocycles. The first-order valence-corrected chi connectivity index (χ1v) is 11.9. The Morgan fingerprint density at radius 2 is 1.65 bits per heavy atom. The molecule has 0 radical (unpaired) electrons. The predicted octanol–water partition coefficient (Wildman–Crippen LogP) is 3.36. The van der Waals surface area contributed by atoms with Gasteiger partial charge in [0.05, 0.1) is 17.1 Å². The fraction of sp³-hybridized carbons (Fsp3) is 0.217. The third-order valence-corrected chi connectivity index (χ3v) is 6.21. The van der Waals surface area contributed by atoms with Crippen molar-refractivity contribution in [1.29, 1.82) is 0 Å². The Labute approximate surface area is 196 Å². The summed E-state index contributed by atoms with van der Waals surface area (Å²) in [5, 5.41) is 21.6. The number of benzene rings is 2. The number of nitrogens with one attached hydrogen (secondary N) is 2. The molecule has 3 aromatic rings. The lowest BCUT2D eigenvalue weighted by molar-refractivity contribution is 0.0496. The number of aromatic nitrogens is 1. The van der Waals surface area contributed by atoms with E-state index in [1.54, 1.807) is 12.1 Å². The van der Waals surface area contributed by atoms with Crippen molar-refractivity contribution in [2.45, 2.75) is 31.2 Å². The highest BCUT2D eigenvalue weighted by molar-refractivity contribution is 7.90. The molecule has 4 N–H and O–H groups in total. The number of carbonyl (C=O) groups excluding carboxylic acids is 2. The molecule has 10 nitrogen and oxygen atoms in total. The molecule has 0 atom stereocenters. The van der Waals surface area contributed by atoms with Gasteiger partial charge in [0, 0.05) is 24.4 Å². The topological polar surface area (TPSA) is 147 Å². The van der Waals surface area contributed by atoms with Crippen LogP contribution in [-0.2, 0) is 21.3 Å². The van der Waals surface area contributed by atoms with Gasteiger partial charge in [-0.1, -0.05) is 23.8 Å². The number of hydrogen-bond acceptors (Lipinski definition) is 7. The van der Waals surface area contributed by atoms with Crippen molar-refractivity contribution in [3.8, 4) is 11.8 Å². The van der Waals surface area contributed by atoms with Gasteiger partial charge in [0.2, 0.25) is 0 Å². The molecule has 0 aliphatic carbocycles. The molecule has 180 valence electrons. The summed E-state index contributed by atoms with van der Waals surface area (Å²) >= 11 is 0. The van der Waals surface area contributed by atoms with Crippen LogP contribution < -0.4 is 10.0 Å². The van der Waals surface area contributed by atoms with Crippen LogP contribution in [0.3, 0.4) is 0 Å². The normalized spacial score (nSPS) is 11.1. The molecule has 2 amide bonds. The first kappa shape index (κ1) is 24.6. The number of amides is 2. The highest BCUT2D eigenvalue weighted by atomic mass is 32.2. The summed E-state index contributed by atoms with van der Waals surface area (Å²) in [6, 6.07) is 13.7. The van der Waals surface area contributed by atoms with Gasteiger partial charge in [0.1, 0.15) is 0 Å². The second-order valence-electron chi connectivity index (χ2n) is 7.50. The van der Waals surface area contributed by atoms with Crippen molar-refractivity contribution in [2.24, 2.45) is 0 Å². The number of carbonyl (C=O) groups is 2. The number of hydrogen-bond donors (Lipinski definition) is 4. The van der Waals surface area contributed by atoms with Gasteiger partial charge in [0.25, 0.3) is 10.0 Å². The molecular formula is C23H25N3O7S. The first-order valence-electron chi connectivity index (χ1n) is 10.4. The van der Waals surface area contributed by atoms with Gasteiger partial charge in [-0.05, 0) is 50.1 Å². The van der Waals surface area contributed by atoms with Gasteiger partial charge in [-0.25, -0.2) is 22.7 Å². The number of ether oxygens (including phenoxy) is 1. The van der Waals surface area contributed by atoms with Crippen molar-refractivity contribution in [3.05, 3.63) is 71.8 Å². The van der Waals surface area contributed by atoms with Crippen molar-refractivity contribution in [1.82, 2.24) is 9.29 Å². The van der Waals surface area contributed by atoms with Crippen molar-refractivity contribution < 1.29 is 33.0 Å². The third kappa shape index (κ3) is 6.51. The van der Waals surface area contributed by atoms with E-state index >= 15 is 0 Å². The molecule has 0 saturated carbocycles. The fourth-order valence-corrected chi connectivity index (χ4v) is 3.98. The van der Waals surface area contributed by atoms with Crippen molar-refractivity contribution in [2.75, 3.05) is 11.9 Å². The Bertz CT molecular complexity index is 1250. The van der Waals surface area contributed by atoms with E-state index in [-0.39, 0.29) is 34.5 Å². The summed E-state index contributed by atoms with van der Waals surface area (Å²) in [5.41, 5.74) is 1.27. The van der Waals surface area contributed by atoms with Gasteiger partial charge in [-0.3, -0.25) is 4.57 Å². The number of aryl methyl sites for hydroxylation is 1. The lowest BCUT2D eigenvalue weighted by Gasteiger charge is -2.10. The van der Waals surface area contributed by atoms with Gasteiger partial charge >= 0.3 is 12.0 Å². The molecule has 0 bridgehead atoms. The monoisotopic (exact) mass is 487 g/mol. The lowest BCUT2D eigenvalue weighted by atomic mass is 10.2. The SMILES string of the molecule is Cc1ccc(S(=O)(=O)NC(=O)Nc2cccc(C(=O)OCCCCn3c(O)ccc3O)c2)cc1. The number of esters is 1. The fourth-order valence-electron chi connectivity index (χ4n) is 3.07. The number of anilines is 1. The average Bonchev–Trinajstić information content (AvgIpc) is 3.10. The molecule has 11 heteroatoms. The average molecular weight is 488 g/mol. The predicted molar refractivity (Wildman–Crippen MR) is 124 cm³/mol. The van der Waals surface area contributed by atoms with Crippen LogP contribution in [0.25, 0.3) is 0 Å². The van der Waals surface area contributed by atoms with E-state index in [1.165, 1.54) is 53.1 Å². The minimum absolute atomic E-state index is 0.0467. The van der Waals surface area contributed by atoms with Crippen molar-refractivity contribution in [3.63, 3.8) is 0 Å². The molecular weight excluding hydrogens is 462 g/mol. The van der Waals surface area contributed by atoms with Crippen LogP contribution >= 0.6 is 0 Å². The molecule has 0 fully saturated rings. The van der Waals surface area contributed by atoms with Gasteiger partial charge in [-0.15, -0.1) is 0 Å². The summed E-state index contributed by atoms with van der Waals surface area (Å²) in [7, 11) is -4.05. The Hall–Kier alpha value is -3.99. The summed E-state index contributed by atoms with van der Waals surface area (Å²) in [5.74, 6) is -0.702. The molecule has 2 aromatic carbocycles. The number of rotatable bonds is 9. The van der Waals surface area contributed by atoms with Gasteiger partial charge < -0.3 is 20.3 Å². The van der Waals surface area contributed by atoms with E-state index in [4.69, 9.17) is 4.74 Å². The molecule has 0 aliphatic rings. The minimum Gasteiger partial charge on any atom is -0.494 e. The zero-order valence-electron chi connectivity index (χ0n) is 18.4. The standard InChI is InChI=1S/C23H25N3O7S/c1-16-7-9-19(10-8-16)34(31,32)25-23(30)24-18-6-4-5-17(15-18)22(29)33-14-3-2-13-26-20(27)11-12-21(26)28/h4-12,15,27-28H,2-3,13-14H2,1H3,(H2,24,25,30). The molecule has 1 aromatic heterocycles. The molecule has 34 heavy (non-hydrogen) atoms. The highest BCUT2D eigenvalue weighted by Gasteiger charge is 2.18. The number of aromatic hydroxyl groups is 2. The lowest BCUT2D eigenvalue weighted by Crippen LogP contribution is -2.34.